The first-order valence-corrected chi connectivity index (χ1v) is 7.01. The maximum absolute atomic E-state index is 12.0. The summed E-state index contributed by atoms with van der Waals surface area (Å²) in [5.74, 6) is -1.10. The van der Waals surface area contributed by atoms with Gasteiger partial charge in [0.05, 0.1) is 5.92 Å². The molecule has 0 saturated heterocycles. The molecule has 0 radical (unpaired) electrons. The van der Waals surface area contributed by atoms with Gasteiger partial charge in [-0.05, 0) is 37.5 Å². The molecular weight excluding hydrogens is 230 g/mol. The summed E-state index contributed by atoms with van der Waals surface area (Å²) >= 11 is 0. The van der Waals surface area contributed by atoms with Crippen LogP contribution in [-0.4, -0.2) is 23.5 Å². The van der Waals surface area contributed by atoms with Crippen molar-refractivity contribution in [1.82, 2.24) is 5.32 Å². The molecule has 0 aromatic carbocycles. The van der Waals surface area contributed by atoms with Gasteiger partial charge in [0.15, 0.2) is 0 Å². The molecule has 2 atom stereocenters. The molecule has 0 bridgehead atoms. The highest BCUT2D eigenvalue weighted by molar-refractivity contribution is 5.80. The molecule has 2 aliphatic rings. The number of rotatable bonds is 4. The van der Waals surface area contributed by atoms with Gasteiger partial charge in [-0.3, -0.25) is 9.59 Å². The summed E-state index contributed by atoms with van der Waals surface area (Å²) in [7, 11) is 0. The second kappa shape index (κ2) is 5.29. The molecule has 2 fully saturated rings. The van der Waals surface area contributed by atoms with E-state index in [0.717, 1.165) is 13.0 Å². The molecule has 0 aromatic heterocycles. The van der Waals surface area contributed by atoms with Crippen molar-refractivity contribution in [3.05, 3.63) is 0 Å². The summed E-state index contributed by atoms with van der Waals surface area (Å²) in [5.41, 5.74) is 0.264. The summed E-state index contributed by atoms with van der Waals surface area (Å²) in [5, 5.41) is 12.0. The van der Waals surface area contributed by atoms with Crippen molar-refractivity contribution in [2.24, 2.45) is 17.3 Å². The second-order valence-electron chi connectivity index (χ2n) is 6.28. The SMILES string of the molecule is CC1(CNC(=O)[C@@H]2CC[C@H](C(=O)O)C2)CCCC1. The third-order valence-corrected chi connectivity index (χ3v) is 4.65. The molecule has 1 amide bonds. The summed E-state index contributed by atoms with van der Waals surface area (Å²) < 4.78 is 0. The van der Waals surface area contributed by atoms with Crippen LogP contribution < -0.4 is 5.32 Å². The van der Waals surface area contributed by atoms with Gasteiger partial charge in [0, 0.05) is 12.5 Å². The van der Waals surface area contributed by atoms with Crippen LogP contribution in [0.5, 0.6) is 0 Å². The molecule has 2 saturated carbocycles. The van der Waals surface area contributed by atoms with E-state index in [0.29, 0.717) is 12.8 Å². The third-order valence-electron chi connectivity index (χ3n) is 4.65. The predicted molar refractivity (Wildman–Crippen MR) is 68.1 cm³/mol. The average molecular weight is 253 g/mol. The molecule has 18 heavy (non-hydrogen) atoms. The smallest absolute Gasteiger partial charge is 0.306 e. The van der Waals surface area contributed by atoms with Crippen molar-refractivity contribution in [1.29, 1.82) is 0 Å². The fourth-order valence-corrected chi connectivity index (χ4v) is 3.29. The second-order valence-corrected chi connectivity index (χ2v) is 6.28. The zero-order valence-corrected chi connectivity index (χ0v) is 11.1. The molecule has 0 heterocycles. The van der Waals surface area contributed by atoms with Gasteiger partial charge in [0.1, 0.15) is 0 Å². The van der Waals surface area contributed by atoms with Crippen LogP contribution in [-0.2, 0) is 9.59 Å². The Morgan fingerprint density at radius 1 is 1.22 bits per heavy atom. The lowest BCUT2D eigenvalue weighted by Gasteiger charge is -2.24. The number of carboxylic acid groups (broad SMARTS) is 1. The number of carbonyl (C=O) groups is 2. The minimum Gasteiger partial charge on any atom is -0.481 e. The highest BCUT2D eigenvalue weighted by Crippen LogP contribution is 2.37. The van der Waals surface area contributed by atoms with Crippen LogP contribution in [0.3, 0.4) is 0 Å². The van der Waals surface area contributed by atoms with Crippen molar-refractivity contribution in [2.75, 3.05) is 6.54 Å². The van der Waals surface area contributed by atoms with Gasteiger partial charge >= 0.3 is 5.97 Å². The van der Waals surface area contributed by atoms with Crippen LogP contribution in [0.2, 0.25) is 0 Å². The average Bonchev–Trinajstić information content (AvgIpc) is 2.95. The summed E-state index contributed by atoms with van der Waals surface area (Å²) in [6.45, 7) is 2.98. The number of hydrogen-bond donors (Lipinski definition) is 2. The minimum absolute atomic E-state index is 0.0619. The normalized spacial score (nSPS) is 30.3. The van der Waals surface area contributed by atoms with Crippen LogP contribution in [0.25, 0.3) is 0 Å². The summed E-state index contributed by atoms with van der Waals surface area (Å²) in [6.07, 6.45) is 6.78. The Balaban J connectivity index is 1.77. The first-order valence-electron chi connectivity index (χ1n) is 7.01. The zero-order chi connectivity index (χ0) is 13.2. The van der Waals surface area contributed by atoms with E-state index in [2.05, 4.69) is 12.2 Å². The van der Waals surface area contributed by atoms with E-state index >= 15 is 0 Å². The molecule has 0 aliphatic heterocycles. The van der Waals surface area contributed by atoms with E-state index < -0.39 is 5.97 Å². The van der Waals surface area contributed by atoms with Gasteiger partial charge in [-0.15, -0.1) is 0 Å². The number of carboxylic acids is 1. The molecule has 102 valence electrons. The molecule has 2 N–H and O–H groups in total. The molecule has 2 aliphatic carbocycles. The summed E-state index contributed by atoms with van der Waals surface area (Å²) in [6, 6.07) is 0. The van der Waals surface area contributed by atoms with Gasteiger partial charge in [-0.1, -0.05) is 19.8 Å². The highest BCUT2D eigenvalue weighted by Gasteiger charge is 2.35. The van der Waals surface area contributed by atoms with Crippen molar-refractivity contribution < 1.29 is 14.7 Å². The van der Waals surface area contributed by atoms with Gasteiger partial charge in [-0.25, -0.2) is 0 Å². The van der Waals surface area contributed by atoms with Crippen molar-refractivity contribution >= 4 is 11.9 Å². The standard InChI is InChI=1S/C14H23NO3/c1-14(6-2-3-7-14)9-15-12(16)10-4-5-11(8-10)13(17)18/h10-11H,2-9H2,1H3,(H,15,16)(H,17,18)/t10-,11+/m1/s1. The molecule has 2 rings (SSSR count). The van der Waals surface area contributed by atoms with E-state index in [1.807, 2.05) is 0 Å². The maximum atomic E-state index is 12.0. The number of nitrogens with one attached hydrogen (secondary N) is 1. The van der Waals surface area contributed by atoms with E-state index in [-0.39, 0.29) is 23.2 Å². The fourth-order valence-electron chi connectivity index (χ4n) is 3.29. The monoisotopic (exact) mass is 253 g/mol. The van der Waals surface area contributed by atoms with E-state index in [1.54, 1.807) is 0 Å². The Bertz CT molecular complexity index is 334. The Labute approximate surface area is 108 Å². The number of aliphatic carboxylic acids is 1. The third kappa shape index (κ3) is 3.03. The van der Waals surface area contributed by atoms with Crippen LogP contribution >= 0.6 is 0 Å². The van der Waals surface area contributed by atoms with E-state index in [4.69, 9.17) is 5.11 Å². The number of hydrogen-bond acceptors (Lipinski definition) is 2. The molecule has 0 unspecified atom stereocenters. The molecule has 0 spiro atoms. The lowest BCUT2D eigenvalue weighted by atomic mass is 9.88. The van der Waals surface area contributed by atoms with Crippen molar-refractivity contribution in [3.63, 3.8) is 0 Å². The lowest BCUT2D eigenvalue weighted by molar-refractivity contribution is -0.141. The first-order chi connectivity index (χ1) is 8.50. The Morgan fingerprint density at radius 3 is 2.39 bits per heavy atom. The van der Waals surface area contributed by atoms with Crippen LogP contribution in [0.15, 0.2) is 0 Å². The minimum atomic E-state index is -0.756. The summed E-state index contributed by atoms with van der Waals surface area (Å²) in [4.78, 5) is 22.9. The van der Waals surface area contributed by atoms with Crippen LogP contribution in [0, 0.1) is 17.3 Å². The lowest BCUT2D eigenvalue weighted by Crippen LogP contribution is -2.37. The van der Waals surface area contributed by atoms with Gasteiger partial charge in [-0.2, -0.15) is 0 Å². The van der Waals surface area contributed by atoms with E-state index in [9.17, 15) is 9.59 Å². The fraction of sp³-hybridized carbons (Fsp3) is 0.857. The zero-order valence-electron chi connectivity index (χ0n) is 11.1. The van der Waals surface area contributed by atoms with Gasteiger partial charge < -0.3 is 10.4 Å². The Morgan fingerprint density at radius 2 is 1.83 bits per heavy atom. The van der Waals surface area contributed by atoms with Crippen molar-refractivity contribution in [3.8, 4) is 0 Å². The molecule has 4 nitrogen and oxygen atoms in total. The first kappa shape index (κ1) is 13.4. The number of carbonyl (C=O) groups excluding carboxylic acids is 1. The number of amides is 1. The van der Waals surface area contributed by atoms with Crippen LogP contribution in [0.1, 0.15) is 51.9 Å². The quantitative estimate of drug-likeness (QED) is 0.807. The van der Waals surface area contributed by atoms with Gasteiger partial charge in [0.25, 0.3) is 0 Å². The van der Waals surface area contributed by atoms with E-state index in [1.165, 1.54) is 25.7 Å². The van der Waals surface area contributed by atoms with Gasteiger partial charge in [0.2, 0.25) is 5.91 Å². The largest absolute Gasteiger partial charge is 0.481 e. The molecular formula is C14H23NO3. The maximum Gasteiger partial charge on any atom is 0.306 e. The predicted octanol–water partition coefficient (Wildman–Crippen LogP) is 2.18. The Kier molecular flexibility index (Phi) is 3.93. The van der Waals surface area contributed by atoms with Crippen LogP contribution in [0.4, 0.5) is 0 Å². The highest BCUT2D eigenvalue weighted by atomic mass is 16.4. The molecule has 4 heteroatoms. The molecule has 0 aromatic rings. The van der Waals surface area contributed by atoms with Crippen molar-refractivity contribution in [2.45, 2.75) is 51.9 Å². The Hall–Kier alpha value is -1.06. The topological polar surface area (TPSA) is 66.4 Å².